The SMILES string of the molecule is NC(N)=NC(=O)OCc1cccc(-c2ccc(OCc3ccon3)nc2)n1. The van der Waals surface area contributed by atoms with Gasteiger partial charge in [0, 0.05) is 23.9 Å². The molecule has 0 saturated heterocycles. The van der Waals surface area contributed by atoms with Gasteiger partial charge in [-0.2, -0.15) is 0 Å². The summed E-state index contributed by atoms with van der Waals surface area (Å²) in [6.45, 7) is 0.202. The normalized spacial score (nSPS) is 10.2. The van der Waals surface area contributed by atoms with Crippen molar-refractivity contribution in [2.45, 2.75) is 13.2 Å². The number of amides is 1. The van der Waals surface area contributed by atoms with Gasteiger partial charge in [-0.25, -0.2) is 14.8 Å². The van der Waals surface area contributed by atoms with Crippen LogP contribution in [0.15, 0.2) is 58.4 Å². The molecule has 0 bridgehead atoms. The summed E-state index contributed by atoms with van der Waals surface area (Å²) in [6.07, 6.45) is 2.23. The van der Waals surface area contributed by atoms with Crippen molar-refractivity contribution < 1.29 is 18.8 Å². The van der Waals surface area contributed by atoms with Crippen LogP contribution in [0, 0.1) is 0 Å². The molecule has 0 radical (unpaired) electrons. The van der Waals surface area contributed by atoms with Gasteiger partial charge in [0.25, 0.3) is 0 Å². The lowest BCUT2D eigenvalue weighted by Crippen LogP contribution is -2.24. The maximum Gasteiger partial charge on any atom is 0.437 e. The van der Waals surface area contributed by atoms with E-state index in [2.05, 4.69) is 20.1 Å². The van der Waals surface area contributed by atoms with E-state index in [0.29, 0.717) is 23.0 Å². The molecule has 0 spiro atoms. The second kappa shape index (κ2) is 8.43. The minimum Gasteiger partial charge on any atom is -0.471 e. The molecule has 0 aliphatic heterocycles. The monoisotopic (exact) mass is 368 g/mol. The molecule has 10 nitrogen and oxygen atoms in total. The average Bonchev–Trinajstić information content (AvgIpc) is 3.18. The summed E-state index contributed by atoms with van der Waals surface area (Å²) >= 11 is 0. The molecule has 27 heavy (non-hydrogen) atoms. The van der Waals surface area contributed by atoms with Gasteiger partial charge in [-0.1, -0.05) is 11.2 Å². The first-order chi connectivity index (χ1) is 13.1. The molecule has 0 fully saturated rings. The second-order valence-electron chi connectivity index (χ2n) is 5.27. The van der Waals surface area contributed by atoms with Gasteiger partial charge in [-0.3, -0.25) is 0 Å². The number of pyridine rings is 2. The fourth-order valence-corrected chi connectivity index (χ4v) is 2.07. The Bertz CT molecular complexity index is 921. The zero-order valence-corrected chi connectivity index (χ0v) is 14.1. The predicted octanol–water partition coefficient (Wildman–Crippen LogP) is 1.62. The molecular weight excluding hydrogens is 352 g/mol. The number of hydrogen-bond acceptors (Lipinski definition) is 7. The van der Waals surface area contributed by atoms with E-state index in [4.69, 9.17) is 25.5 Å². The van der Waals surface area contributed by atoms with Gasteiger partial charge in [-0.15, -0.1) is 4.99 Å². The summed E-state index contributed by atoms with van der Waals surface area (Å²) in [5, 5.41) is 3.76. The topological polar surface area (TPSA) is 152 Å². The number of carbonyl (C=O) groups is 1. The Balaban J connectivity index is 1.62. The molecule has 0 saturated carbocycles. The molecule has 1 amide bonds. The van der Waals surface area contributed by atoms with Crippen molar-refractivity contribution in [2.24, 2.45) is 16.5 Å². The highest BCUT2D eigenvalue weighted by molar-refractivity contribution is 5.87. The lowest BCUT2D eigenvalue weighted by molar-refractivity contribution is 0.149. The zero-order chi connectivity index (χ0) is 19.1. The van der Waals surface area contributed by atoms with Crippen LogP contribution in [0.25, 0.3) is 11.3 Å². The molecule has 0 aliphatic carbocycles. The quantitative estimate of drug-likeness (QED) is 0.488. The molecule has 3 aromatic heterocycles. The Morgan fingerprint density at radius 1 is 1.11 bits per heavy atom. The lowest BCUT2D eigenvalue weighted by atomic mass is 10.2. The van der Waals surface area contributed by atoms with Crippen LogP contribution in [-0.2, 0) is 18.0 Å². The summed E-state index contributed by atoms with van der Waals surface area (Å²) in [4.78, 5) is 23.3. The standard InChI is InChI=1S/C17H16N6O4/c18-16(19)22-17(24)26-9-12-2-1-3-14(21-12)11-4-5-15(20-8-11)25-10-13-6-7-27-23-13/h1-8H,9-10H2,(H4,18,19,22,24). The average molecular weight is 368 g/mol. The fraction of sp³-hybridized carbons (Fsp3) is 0.118. The number of hydrogen-bond donors (Lipinski definition) is 2. The maximum absolute atomic E-state index is 11.3. The van der Waals surface area contributed by atoms with Gasteiger partial charge in [0.15, 0.2) is 5.96 Å². The number of aliphatic imine (C=N–C) groups is 1. The smallest absolute Gasteiger partial charge is 0.437 e. The minimum absolute atomic E-state index is 0.0597. The van der Waals surface area contributed by atoms with E-state index in [1.165, 1.54) is 6.26 Å². The zero-order valence-electron chi connectivity index (χ0n) is 14.1. The van der Waals surface area contributed by atoms with E-state index in [9.17, 15) is 4.79 Å². The minimum atomic E-state index is -0.877. The van der Waals surface area contributed by atoms with Crippen molar-refractivity contribution in [3.63, 3.8) is 0 Å². The lowest BCUT2D eigenvalue weighted by Gasteiger charge is -2.06. The van der Waals surface area contributed by atoms with Crippen molar-refractivity contribution in [3.05, 3.63) is 60.2 Å². The number of aromatic nitrogens is 3. The van der Waals surface area contributed by atoms with E-state index < -0.39 is 6.09 Å². The van der Waals surface area contributed by atoms with Crippen molar-refractivity contribution in [3.8, 4) is 17.1 Å². The Morgan fingerprint density at radius 3 is 2.70 bits per heavy atom. The molecule has 3 aromatic rings. The van der Waals surface area contributed by atoms with Crippen LogP contribution >= 0.6 is 0 Å². The van der Waals surface area contributed by atoms with Crippen LogP contribution < -0.4 is 16.2 Å². The largest absolute Gasteiger partial charge is 0.471 e. The summed E-state index contributed by atoms with van der Waals surface area (Å²) < 4.78 is 15.2. The van der Waals surface area contributed by atoms with Crippen LogP contribution in [0.5, 0.6) is 5.88 Å². The summed E-state index contributed by atoms with van der Waals surface area (Å²) in [7, 11) is 0. The number of nitrogens with two attached hydrogens (primary N) is 2. The summed E-state index contributed by atoms with van der Waals surface area (Å²) in [6, 6.07) is 10.6. The van der Waals surface area contributed by atoms with E-state index >= 15 is 0 Å². The first kappa shape index (κ1) is 17.9. The van der Waals surface area contributed by atoms with Crippen molar-refractivity contribution in [2.75, 3.05) is 0 Å². The third kappa shape index (κ3) is 5.26. The van der Waals surface area contributed by atoms with Crippen LogP contribution in [-0.4, -0.2) is 27.2 Å². The van der Waals surface area contributed by atoms with Crippen molar-refractivity contribution in [1.29, 1.82) is 0 Å². The second-order valence-corrected chi connectivity index (χ2v) is 5.27. The van der Waals surface area contributed by atoms with Gasteiger partial charge >= 0.3 is 6.09 Å². The van der Waals surface area contributed by atoms with E-state index in [0.717, 1.165) is 5.56 Å². The molecule has 0 aromatic carbocycles. The van der Waals surface area contributed by atoms with Crippen molar-refractivity contribution in [1.82, 2.24) is 15.1 Å². The van der Waals surface area contributed by atoms with Crippen LogP contribution in [0.2, 0.25) is 0 Å². The highest BCUT2D eigenvalue weighted by Crippen LogP contribution is 2.19. The number of nitrogens with zero attached hydrogens (tertiary/aromatic N) is 4. The van der Waals surface area contributed by atoms with Gasteiger partial charge in [0.1, 0.15) is 25.2 Å². The predicted molar refractivity (Wildman–Crippen MR) is 94.3 cm³/mol. The van der Waals surface area contributed by atoms with Gasteiger partial charge in [-0.05, 0) is 18.2 Å². The molecule has 4 N–H and O–H groups in total. The van der Waals surface area contributed by atoms with Crippen LogP contribution in [0.1, 0.15) is 11.4 Å². The number of ether oxygens (including phenoxy) is 2. The summed E-state index contributed by atoms with van der Waals surface area (Å²) in [5.41, 5.74) is 12.9. The molecule has 3 heterocycles. The van der Waals surface area contributed by atoms with E-state index in [1.807, 2.05) is 12.1 Å². The molecule has 0 atom stereocenters. The number of guanidine groups is 1. The first-order valence-corrected chi connectivity index (χ1v) is 7.81. The van der Waals surface area contributed by atoms with Crippen LogP contribution in [0.4, 0.5) is 4.79 Å². The third-order valence-electron chi connectivity index (χ3n) is 3.26. The van der Waals surface area contributed by atoms with Gasteiger partial charge in [0.05, 0.1) is 11.4 Å². The Labute approximate surface area is 153 Å². The van der Waals surface area contributed by atoms with Gasteiger partial charge < -0.3 is 25.5 Å². The highest BCUT2D eigenvalue weighted by Gasteiger charge is 2.06. The fourth-order valence-electron chi connectivity index (χ4n) is 2.07. The first-order valence-electron chi connectivity index (χ1n) is 7.81. The number of rotatable bonds is 6. The van der Waals surface area contributed by atoms with Crippen molar-refractivity contribution >= 4 is 12.1 Å². The molecule has 0 unspecified atom stereocenters. The van der Waals surface area contributed by atoms with Crippen LogP contribution in [0.3, 0.4) is 0 Å². The maximum atomic E-state index is 11.3. The van der Waals surface area contributed by atoms with E-state index in [-0.39, 0.29) is 19.2 Å². The third-order valence-corrected chi connectivity index (χ3v) is 3.26. The Kier molecular flexibility index (Phi) is 5.57. The molecular formula is C17H16N6O4. The summed E-state index contributed by atoms with van der Waals surface area (Å²) in [5.74, 6) is 0.0858. The van der Waals surface area contributed by atoms with Gasteiger partial charge in [0.2, 0.25) is 5.88 Å². The molecule has 0 aliphatic rings. The Hall–Kier alpha value is -3.95. The number of carbonyl (C=O) groups excluding carboxylic acids is 1. The molecule has 3 rings (SSSR count). The molecule has 138 valence electrons. The Morgan fingerprint density at radius 2 is 2.00 bits per heavy atom. The molecule has 10 heteroatoms. The van der Waals surface area contributed by atoms with E-state index in [1.54, 1.807) is 30.5 Å². The highest BCUT2D eigenvalue weighted by atomic mass is 16.5.